The summed E-state index contributed by atoms with van der Waals surface area (Å²) in [5, 5.41) is 7.83. The van der Waals surface area contributed by atoms with Crippen molar-refractivity contribution in [3.63, 3.8) is 0 Å². The molecule has 1 atom stereocenters. The molecular formula is C38H37F2N5O3S. The van der Waals surface area contributed by atoms with Gasteiger partial charge in [0.25, 0.3) is 0 Å². The Kier molecular flexibility index (Phi) is 7.89. The lowest BCUT2D eigenvalue weighted by Crippen LogP contribution is -2.40. The van der Waals surface area contributed by atoms with Crippen LogP contribution in [0.15, 0.2) is 60.5 Å². The highest BCUT2D eigenvalue weighted by atomic mass is 32.1. The highest BCUT2D eigenvalue weighted by Gasteiger charge is 2.48. The summed E-state index contributed by atoms with van der Waals surface area (Å²) in [6.45, 7) is 8.87. The van der Waals surface area contributed by atoms with Gasteiger partial charge in [-0.2, -0.15) is 5.10 Å². The number of thiophene rings is 1. The number of ether oxygens (including phenoxy) is 2. The van der Waals surface area contributed by atoms with E-state index in [9.17, 15) is 9.18 Å². The lowest BCUT2D eigenvalue weighted by atomic mass is 9.85. The Hall–Kier alpha value is -4.45. The molecule has 11 heteroatoms. The van der Waals surface area contributed by atoms with Gasteiger partial charge in [0.2, 0.25) is 5.91 Å². The first kappa shape index (κ1) is 31.8. The first-order valence-corrected chi connectivity index (χ1v) is 17.4. The van der Waals surface area contributed by atoms with Crippen molar-refractivity contribution in [2.75, 3.05) is 40.5 Å². The molecule has 2 aliphatic heterocycles. The number of methoxy groups -OCH3 is 1. The second-order valence-electron chi connectivity index (χ2n) is 13.4. The highest BCUT2D eigenvalue weighted by Crippen LogP contribution is 2.53. The average Bonchev–Trinajstić information content (AvgIpc) is 3.45. The van der Waals surface area contributed by atoms with Crippen LogP contribution in [0, 0.1) is 11.6 Å². The summed E-state index contributed by atoms with van der Waals surface area (Å²) in [5.74, 6) is -1.59. The Labute approximate surface area is 287 Å². The number of carbonyl (C=O) groups is 1. The zero-order valence-electron chi connectivity index (χ0n) is 27.8. The predicted octanol–water partition coefficient (Wildman–Crippen LogP) is 7.36. The van der Waals surface area contributed by atoms with Gasteiger partial charge in [-0.1, -0.05) is 18.7 Å². The fraction of sp³-hybridized carbons (Fsp3) is 0.342. The normalized spacial score (nSPS) is 18.1. The van der Waals surface area contributed by atoms with Crippen LogP contribution >= 0.6 is 11.3 Å². The second kappa shape index (κ2) is 12.2. The van der Waals surface area contributed by atoms with Crippen molar-refractivity contribution in [3.05, 3.63) is 89.0 Å². The van der Waals surface area contributed by atoms with Crippen LogP contribution in [0.2, 0.25) is 0 Å². The summed E-state index contributed by atoms with van der Waals surface area (Å²) < 4.78 is 44.7. The molecule has 0 bridgehead atoms. The van der Waals surface area contributed by atoms with Gasteiger partial charge in [-0.15, -0.1) is 11.3 Å². The number of aromatic nitrogens is 3. The molecule has 1 unspecified atom stereocenters. The van der Waals surface area contributed by atoms with E-state index in [0.717, 1.165) is 46.2 Å². The molecule has 1 spiro atoms. The topological polar surface area (TPSA) is 72.7 Å². The standard InChI is InChI=1S/C38H37F2N5O3S/c1-5-32(46)44-11-12-45-30(22(44)2)19-29(42-45)36-34(33-28(40)17-25(39)18-31(33)48-14-13-47-4)37-26(8-15-49-37)35(41-36)23-6-7-27-24(16-23)20-43(3)21-38(27)9-10-38/h5-8,15-19,22H,1,9-14,20-21H2,2-4H3. The van der Waals surface area contributed by atoms with E-state index < -0.39 is 11.6 Å². The molecule has 1 saturated carbocycles. The number of likely N-dealkylation sites (N-methyl/N-ethyl adjacent to an activating group) is 1. The van der Waals surface area contributed by atoms with Crippen LogP contribution in [0.3, 0.4) is 0 Å². The molecule has 252 valence electrons. The van der Waals surface area contributed by atoms with Gasteiger partial charge in [-0.05, 0) is 67.6 Å². The Morgan fingerprint density at radius 1 is 1.10 bits per heavy atom. The van der Waals surface area contributed by atoms with Crippen LogP contribution < -0.4 is 4.74 Å². The quantitative estimate of drug-likeness (QED) is 0.126. The molecule has 5 heterocycles. The van der Waals surface area contributed by atoms with E-state index in [2.05, 4.69) is 36.7 Å². The van der Waals surface area contributed by atoms with E-state index >= 15 is 4.39 Å². The van der Waals surface area contributed by atoms with Gasteiger partial charge in [0.1, 0.15) is 35.4 Å². The van der Waals surface area contributed by atoms with Gasteiger partial charge in [0.05, 0.1) is 36.1 Å². The van der Waals surface area contributed by atoms with Gasteiger partial charge >= 0.3 is 0 Å². The molecule has 0 radical (unpaired) electrons. The monoisotopic (exact) mass is 681 g/mol. The second-order valence-corrected chi connectivity index (χ2v) is 14.3. The number of benzene rings is 2. The van der Waals surface area contributed by atoms with E-state index in [1.165, 1.54) is 47.4 Å². The van der Waals surface area contributed by atoms with Crippen molar-refractivity contribution in [3.8, 4) is 39.5 Å². The molecule has 2 aromatic carbocycles. The SMILES string of the molecule is C=CC(=O)N1CCn2nc(-c3nc(-c4ccc5c(c4)CN(C)CC54CC4)c4ccsc4c3-c3c(F)cc(F)cc3OCCOC)cc2C1C. The summed E-state index contributed by atoms with van der Waals surface area (Å²) in [7, 11) is 3.72. The van der Waals surface area contributed by atoms with E-state index in [1.54, 1.807) is 12.0 Å². The molecule has 1 amide bonds. The van der Waals surface area contributed by atoms with E-state index in [0.29, 0.717) is 30.0 Å². The minimum atomic E-state index is -0.760. The minimum absolute atomic E-state index is 0.0618. The van der Waals surface area contributed by atoms with Crippen LogP contribution in [0.5, 0.6) is 5.75 Å². The van der Waals surface area contributed by atoms with Gasteiger partial charge in [-0.25, -0.2) is 13.8 Å². The number of halogens is 2. The molecular weight excluding hydrogens is 645 g/mol. The van der Waals surface area contributed by atoms with Crippen molar-refractivity contribution < 1.29 is 23.0 Å². The Morgan fingerprint density at radius 3 is 2.71 bits per heavy atom. The lowest BCUT2D eigenvalue weighted by Gasteiger charge is -2.33. The third-order valence-corrected chi connectivity index (χ3v) is 11.1. The summed E-state index contributed by atoms with van der Waals surface area (Å²) in [6.07, 6.45) is 3.73. The summed E-state index contributed by atoms with van der Waals surface area (Å²) in [5.41, 5.74) is 7.12. The Morgan fingerprint density at radius 2 is 1.94 bits per heavy atom. The third-order valence-electron chi connectivity index (χ3n) is 10.2. The van der Waals surface area contributed by atoms with Crippen molar-refractivity contribution in [1.82, 2.24) is 24.6 Å². The van der Waals surface area contributed by atoms with Gasteiger partial charge in [-0.3, -0.25) is 9.48 Å². The first-order valence-electron chi connectivity index (χ1n) is 16.6. The number of pyridine rings is 1. The van der Waals surface area contributed by atoms with Crippen LogP contribution in [0.1, 0.15) is 42.6 Å². The molecule has 0 N–H and O–H groups in total. The maximum Gasteiger partial charge on any atom is 0.246 e. The predicted molar refractivity (Wildman–Crippen MR) is 187 cm³/mol. The number of rotatable bonds is 8. The van der Waals surface area contributed by atoms with Crippen molar-refractivity contribution in [2.45, 2.75) is 44.3 Å². The molecule has 8 rings (SSSR count). The van der Waals surface area contributed by atoms with Crippen molar-refractivity contribution in [2.24, 2.45) is 0 Å². The highest BCUT2D eigenvalue weighted by molar-refractivity contribution is 7.18. The molecule has 8 nitrogen and oxygen atoms in total. The van der Waals surface area contributed by atoms with Crippen LogP contribution in [0.25, 0.3) is 43.9 Å². The van der Waals surface area contributed by atoms with Crippen LogP contribution in [0.4, 0.5) is 8.78 Å². The van der Waals surface area contributed by atoms with Crippen LogP contribution in [-0.4, -0.2) is 70.9 Å². The van der Waals surface area contributed by atoms with Crippen molar-refractivity contribution in [1.29, 1.82) is 0 Å². The van der Waals surface area contributed by atoms with E-state index in [1.807, 2.05) is 29.1 Å². The number of fused-ring (bicyclic) bond motifs is 4. The molecule has 5 aromatic rings. The van der Waals surface area contributed by atoms with Gasteiger partial charge in [0.15, 0.2) is 0 Å². The molecule has 0 saturated heterocycles. The molecule has 1 fully saturated rings. The maximum atomic E-state index is 16.2. The van der Waals surface area contributed by atoms with Gasteiger partial charge < -0.3 is 19.3 Å². The largest absolute Gasteiger partial charge is 0.490 e. The summed E-state index contributed by atoms with van der Waals surface area (Å²) in [4.78, 5) is 22.1. The zero-order chi connectivity index (χ0) is 34.0. The Balaban J connectivity index is 1.36. The fourth-order valence-electron chi connectivity index (χ4n) is 7.76. The average molecular weight is 682 g/mol. The molecule has 49 heavy (non-hydrogen) atoms. The van der Waals surface area contributed by atoms with E-state index in [4.69, 9.17) is 19.6 Å². The number of hydrogen-bond acceptors (Lipinski definition) is 7. The van der Waals surface area contributed by atoms with Crippen molar-refractivity contribution >= 4 is 27.3 Å². The third kappa shape index (κ3) is 5.35. The Bertz CT molecular complexity index is 2140. The van der Waals surface area contributed by atoms with E-state index in [-0.39, 0.29) is 41.9 Å². The smallest absolute Gasteiger partial charge is 0.246 e. The molecule has 3 aliphatic rings. The van der Waals surface area contributed by atoms with Crippen LogP contribution in [-0.2, 0) is 28.0 Å². The molecule has 3 aromatic heterocycles. The number of amides is 1. The maximum absolute atomic E-state index is 16.2. The molecule has 1 aliphatic carbocycles. The summed E-state index contributed by atoms with van der Waals surface area (Å²) >= 11 is 1.47. The number of nitrogens with zero attached hydrogens (tertiary/aromatic N) is 5. The van der Waals surface area contributed by atoms with Gasteiger partial charge in [0, 0.05) is 65.5 Å². The number of hydrogen-bond donors (Lipinski definition) is 0. The first-order chi connectivity index (χ1) is 23.7. The summed E-state index contributed by atoms with van der Waals surface area (Å²) in [6, 6.07) is 12.4. The minimum Gasteiger partial charge on any atom is -0.490 e. The number of carbonyl (C=O) groups excluding carboxylic acids is 1. The fourth-order valence-corrected chi connectivity index (χ4v) is 8.70. The zero-order valence-corrected chi connectivity index (χ0v) is 28.6. The lowest BCUT2D eigenvalue weighted by molar-refractivity contribution is -0.129.